The average molecular weight is 635 g/mol. The predicted octanol–water partition coefficient (Wildman–Crippen LogP) is 9.18. The first-order valence-electron chi connectivity index (χ1n) is 16.4. The van der Waals surface area contributed by atoms with Gasteiger partial charge in [-0.05, 0) is 72.5 Å². The molecule has 8 rings (SSSR count). The lowest BCUT2D eigenvalue weighted by Gasteiger charge is -2.35. The summed E-state index contributed by atoms with van der Waals surface area (Å²) in [6, 6.07) is 50.6. The molecule has 0 saturated heterocycles. The molecular formula is C43H34N6. The van der Waals surface area contributed by atoms with Crippen molar-refractivity contribution in [2.24, 2.45) is 0 Å². The zero-order valence-electron chi connectivity index (χ0n) is 27.3. The molecule has 0 saturated carbocycles. The number of aryl methyl sites for hydroxylation is 2. The number of aromatic nitrogens is 6. The first-order valence-corrected chi connectivity index (χ1v) is 16.4. The highest BCUT2D eigenvalue weighted by Gasteiger charge is 2.42. The number of hydrogen-bond acceptors (Lipinski definition) is 4. The molecule has 4 aromatic heterocycles. The van der Waals surface area contributed by atoms with Gasteiger partial charge in [-0.15, -0.1) is 0 Å². The molecule has 0 aliphatic rings. The Bertz CT molecular complexity index is 2140. The Kier molecular flexibility index (Phi) is 7.74. The summed E-state index contributed by atoms with van der Waals surface area (Å²) in [5, 5.41) is 9.32. The molecule has 0 amide bonds. The molecule has 6 nitrogen and oxygen atoms in total. The molecule has 6 heteroatoms. The highest BCUT2D eigenvalue weighted by Crippen LogP contribution is 2.45. The molecule has 0 spiro atoms. The van der Waals surface area contributed by atoms with Gasteiger partial charge < -0.3 is 0 Å². The Morgan fingerprint density at radius 1 is 0.429 bits per heavy atom. The third kappa shape index (κ3) is 5.43. The molecule has 8 aromatic rings. The van der Waals surface area contributed by atoms with Crippen LogP contribution in [0.3, 0.4) is 0 Å². The van der Waals surface area contributed by atoms with Gasteiger partial charge in [0.15, 0.2) is 11.6 Å². The van der Waals surface area contributed by atoms with Gasteiger partial charge in [0.2, 0.25) is 0 Å². The van der Waals surface area contributed by atoms with Gasteiger partial charge in [-0.2, -0.15) is 10.2 Å². The highest BCUT2D eigenvalue weighted by atomic mass is 15.3. The van der Waals surface area contributed by atoms with Crippen LogP contribution in [0.5, 0.6) is 0 Å². The summed E-state index contributed by atoms with van der Waals surface area (Å²) in [5.41, 5.74) is 9.37. The van der Waals surface area contributed by atoms with E-state index in [9.17, 15) is 0 Å². The van der Waals surface area contributed by atoms with Gasteiger partial charge in [-0.25, -0.2) is 19.3 Å². The van der Waals surface area contributed by atoms with Crippen molar-refractivity contribution in [1.29, 1.82) is 0 Å². The van der Waals surface area contributed by atoms with E-state index in [1.807, 2.05) is 46.0 Å². The van der Waals surface area contributed by atoms with Crippen LogP contribution in [0.4, 0.5) is 0 Å². The fourth-order valence-corrected chi connectivity index (χ4v) is 6.63. The van der Waals surface area contributed by atoms with Crippen LogP contribution >= 0.6 is 0 Å². The van der Waals surface area contributed by atoms with Gasteiger partial charge in [0.1, 0.15) is 5.41 Å². The first-order chi connectivity index (χ1) is 24.1. The Labute approximate surface area is 286 Å². The minimum absolute atomic E-state index is 0.742. The van der Waals surface area contributed by atoms with Crippen molar-refractivity contribution in [3.8, 4) is 33.9 Å². The monoisotopic (exact) mass is 634 g/mol. The lowest BCUT2D eigenvalue weighted by molar-refractivity contribution is 0.673. The van der Waals surface area contributed by atoms with Crippen molar-refractivity contribution in [1.82, 2.24) is 29.5 Å². The van der Waals surface area contributed by atoms with Crippen molar-refractivity contribution >= 4 is 0 Å². The van der Waals surface area contributed by atoms with E-state index in [1.54, 1.807) is 12.4 Å². The summed E-state index contributed by atoms with van der Waals surface area (Å²) in [4.78, 5) is 11.1. The van der Waals surface area contributed by atoms with E-state index in [2.05, 4.69) is 145 Å². The summed E-state index contributed by atoms with van der Waals surface area (Å²) in [6.45, 7) is 4.20. The first kappa shape index (κ1) is 30.0. The lowest BCUT2D eigenvalue weighted by Crippen LogP contribution is -2.34. The smallest absolute Gasteiger partial charge is 0.161 e. The molecule has 0 N–H and O–H groups in total. The molecule has 49 heavy (non-hydrogen) atoms. The third-order valence-electron chi connectivity index (χ3n) is 9.10. The third-order valence-corrected chi connectivity index (χ3v) is 9.10. The minimum atomic E-state index is -0.899. The zero-order valence-corrected chi connectivity index (χ0v) is 27.3. The topological polar surface area (TPSA) is 61.4 Å². The molecule has 0 bridgehead atoms. The second-order valence-corrected chi connectivity index (χ2v) is 12.3. The van der Waals surface area contributed by atoms with E-state index in [-0.39, 0.29) is 0 Å². The Balaban J connectivity index is 1.45. The Morgan fingerprint density at radius 2 is 0.837 bits per heavy atom. The number of benzene rings is 4. The molecule has 236 valence electrons. The molecule has 0 atom stereocenters. The van der Waals surface area contributed by atoms with Crippen LogP contribution in [0.1, 0.15) is 33.6 Å². The summed E-state index contributed by atoms with van der Waals surface area (Å²) in [6.07, 6.45) is 7.47. The number of hydrogen-bond donors (Lipinski definition) is 0. The van der Waals surface area contributed by atoms with E-state index < -0.39 is 5.41 Å². The van der Waals surface area contributed by atoms with Crippen molar-refractivity contribution in [3.63, 3.8) is 0 Å². The highest BCUT2D eigenvalue weighted by molar-refractivity contribution is 5.74. The molecule has 0 fully saturated rings. The van der Waals surface area contributed by atoms with Crippen LogP contribution in [-0.2, 0) is 5.41 Å². The van der Waals surface area contributed by atoms with Crippen LogP contribution in [0.15, 0.2) is 170 Å². The van der Waals surface area contributed by atoms with Crippen molar-refractivity contribution < 1.29 is 0 Å². The van der Waals surface area contributed by atoms with E-state index in [0.717, 1.165) is 56.4 Å². The predicted molar refractivity (Wildman–Crippen MR) is 195 cm³/mol. The molecule has 0 aliphatic heterocycles. The van der Waals surface area contributed by atoms with Gasteiger partial charge in [0.05, 0.1) is 11.4 Å². The molecule has 0 unspecified atom stereocenters. The maximum absolute atomic E-state index is 5.54. The maximum Gasteiger partial charge on any atom is 0.161 e. The van der Waals surface area contributed by atoms with E-state index in [4.69, 9.17) is 9.97 Å². The number of rotatable bonds is 8. The summed E-state index contributed by atoms with van der Waals surface area (Å²) in [7, 11) is 0. The van der Waals surface area contributed by atoms with Crippen LogP contribution < -0.4 is 0 Å². The second-order valence-electron chi connectivity index (χ2n) is 12.3. The minimum Gasteiger partial charge on any atom is -0.231 e. The van der Waals surface area contributed by atoms with Crippen LogP contribution in [0.25, 0.3) is 33.9 Å². The molecule has 4 heterocycles. The van der Waals surface area contributed by atoms with Crippen LogP contribution in [0.2, 0.25) is 0 Å². The standard InChI is InChI=1S/C43H34N6/c1-31-15-19-33(20-16-31)37-23-25-39(46-41(37)48-29-9-27-44-48)43(35-11-5-3-6-12-35,36-13-7-4-8-14-36)40-26-24-38(34-21-17-32(2)18-22-34)42(47-40)49-30-10-28-45-49/h3-30H,1-2H3. The average Bonchev–Trinajstić information content (AvgIpc) is 3.90. The van der Waals surface area contributed by atoms with E-state index in [0.29, 0.717) is 0 Å². The largest absolute Gasteiger partial charge is 0.231 e. The van der Waals surface area contributed by atoms with E-state index >= 15 is 0 Å². The molecule has 0 radical (unpaired) electrons. The van der Waals surface area contributed by atoms with Gasteiger partial charge in [0.25, 0.3) is 0 Å². The fraction of sp³-hybridized carbons (Fsp3) is 0.0698. The van der Waals surface area contributed by atoms with Crippen molar-refractivity contribution in [2.45, 2.75) is 19.3 Å². The zero-order chi connectivity index (χ0) is 33.2. The van der Waals surface area contributed by atoms with Gasteiger partial charge in [-0.1, -0.05) is 120 Å². The molecular weight excluding hydrogens is 601 g/mol. The normalized spacial score (nSPS) is 11.5. The SMILES string of the molecule is Cc1ccc(-c2ccc(C(c3ccccc3)(c3ccccc3)c3ccc(-c4ccc(C)cc4)c(-n4cccn4)n3)nc2-n2cccn2)cc1. The number of nitrogens with zero attached hydrogens (tertiary/aromatic N) is 6. The molecule has 0 aliphatic carbocycles. The second kappa shape index (κ2) is 12.7. The van der Waals surface area contributed by atoms with Gasteiger partial charge >= 0.3 is 0 Å². The summed E-state index contributed by atoms with van der Waals surface area (Å²) >= 11 is 0. The Hall–Kier alpha value is -6.40. The van der Waals surface area contributed by atoms with Gasteiger partial charge in [0, 0.05) is 35.9 Å². The summed E-state index contributed by atoms with van der Waals surface area (Å²) < 4.78 is 3.70. The van der Waals surface area contributed by atoms with Crippen molar-refractivity contribution in [2.75, 3.05) is 0 Å². The van der Waals surface area contributed by atoms with Crippen molar-refractivity contribution in [3.05, 3.63) is 204 Å². The van der Waals surface area contributed by atoms with Crippen LogP contribution in [-0.4, -0.2) is 29.5 Å². The fourth-order valence-electron chi connectivity index (χ4n) is 6.63. The van der Waals surface area contributed by atoms with E-state index in [1.165, 1.54) is 11.1 Å². The van der Waals surface area contributed by atoms with Crippen LogP contribution in [0, 0.1) is 13.8 Å². The summed E-state index contributed by atoms with van der Waals surface area (Å²) in [5.74, 6) is 1.48. The van der Waals surface area contributed by atoms with Gasteiger partial charge in [-0.3, -0.25) is 0 Å². The maximum atomic E-state index is 5.54. The molecule has 4 aromatic carbocycles. The number of pyridine rings is 2. The lowest BCUT2D eigenvalue weighted by atomic mass is 9.69. The Morgan fingerprint density at radius 3 is 1.20 bits per heavy atom. The quantitative estimate of drug-likeness (QED) is 0.167.